The second kappa shape index (κ2) is 10.3. The summed E-state index contributed by atoms with van der Waals surface area (Å²) in [6.07, 6.45) is 2.26. The number of ether oxygens (including phenoxy) is 1. The van der Waals surface area contributed by atoms with Gasteiger partial charge in [0.05, 0.1) is 6.61 Å². The number of aliphatic imine (C=N–C) groups is 1. The second-order valence-electron chi connectivity index (χ2n) is 6.32. The number of halogens is 2. The number of hydrogen-bond donors (Lipinski definition) is 2. The Morgan fingerprint density at radius 2 is 2.04 bits per heavy atom. The summed E-state index contributed by atoms with van der Waals surface area (Å²) in [5, 5.41) is 6.32. The largest absolute Gasteiger partial charge is 0.383 e. The molecular formula is C18H28F2N4O. The van der Waals surface area contributed by atoms with E-state index >= 15 is 0 Å². The lowest BCUT2D eigenvalue weighted by molar-refractivity contribution is 0.121. The molecule has 2 rings (SSSR count). The van der Waals surface area contributed by atoms with Gasteiger partial charge in [0.2, 0.25) is 0 Å². The highest BCUT2D eigenvalue weighted by Gasteiger charge is 2.19. The van der Waals surface area contributed by atoms with Gasteiger partial charge in [-0.15, -0.1) is 0 Å². The van der Waals surface area contributed by atoms with Crippen LogP contribution >= 0.6 is 0 Å². The van der Waals surface area contributed by atoms with Gasteiger partial charge in [0, 0.05) is 39.4 Å². The van der Waals surface area contributed by atoms with E-state index in [4.69, 9.17) is 4.74 Å². The molecule has 1 fully saturated rings. The molecule has 0 saturated carbocycles. The summed E-state index contributed by atoms with van der Waals surface area (Å²) in [6.45, 7) is 4.93. The zero-order valence-corrected chi connectivity index (χ0v) is 15.0. The third kappa shape index (κ3) is 6.59. The lowest BCUT2D eigenvalue weighted by Gasteiger charge is -2.32. The Morgan fingerprint density at radius 1 is 1.28 bits per heavy atom. The van der Waals surface area contributed by atoms with Crippen molar-refractivity contribution in [2.75, 3.05) is 46.9 Å². The minimum atomic E-state index is -0.443. The van der Waals surface area contributed by atoms with Gasteiger partial charge < -0.3 is 20.3 Å². The molecule has 0 spiro atoms. The van der Waals surface area contributed by atoms with Gasteiger partial charge in [0.25, 0.3) is 0 Å². The van der Waals surface area contributed by atoms with Gasteiger partial charge in [0.15, 0.2) is 5.96 Å². The molecule has 0 aliphatic carbocycles. The molecule has 1 saturated heterocycles. The number of methoxy groups -OCH3 is 1. The van der Waals surface area contributed by atoms with E-state index in [-0.39, 0.29) is 12.1 Å². The Balaban J connectivity index is 1.71. The number of piperidine rings is 1. The van der Waals surface area contributed by atoms with Crippen LogP contribution in [0.25, 0.3) is 0 Å². The van der Waals surface area contributed by atoms with E-state index in [1.807, 2.05) is 0 Å². The van der Waals surface area contributed by atoms with Gasteiger partial charge >= 0.3 is 0 Å². The molecule has 0 atom stereocenters. The molecule has 1 aliphatic heterocycles. The first-order chi connectivity index (χ1) is 12.1. The average Bonchev–Trinajstić information content (AvgIpc) is 2.63. The molecule has 0 aromatic heterocycles. The minimum absolute atomic E-state index is 0.193. The van der Waals surface area contributed by atoms with Crippen LogP contribution in [0.15, 0.2) is 23.2 Å². The number of guanidine groups is 1. The Labute approximate surface area is 148 Å². The van der Waals surface area contributed by atoms with Crippen LogP contribution in [0.4, 0.5) is 8.78 Å². The first-order valence-electron chi connectivity index (χ1n) is 8.72. The summed E-state index contributed by atoms with van der Waals surface area (Å²) in [4.78, 5) is 6.56. The van der Waals surface area contributed by atoms with E-state index in [9.17, 15) is 8.78 Å². The van der Waals surface area contributed by atoms with Crippen molar-refractivity contribution in [3.63, 3.8) is 0 Å². The summed E-state index contributed by atoms with van der Waals surface area (Å²) >= 11 is 0. The Morgan fingerprint density at radius 3 is 2.72 bits per heavy atom. The molecule has 140 valence electrons. The maximum absolute atomic E-state index is 13.6. The number of hydrogen-bond acceptors (Lipinski definition) is 3. The number of nitrogens with one attached hydrogen (secondary N) is 2. The van der Waals surface area contributed by atoms with E-state index < -0.39 is 11.6 Å². The van der Waals surface area contributed by atoms with Crippen LogP contribution in [0.2, 0.25) is 0 Å². The van der Waals surface area contributed by atoms with Crippen molar-refractivity contribution in [2.45, 2.75) is 19.4 Å². The summed E-state index contributed by atoms with van der Waals surface area (Å²) in [5.74, 6) is 0.322. The lowest BCUT2D eigenvalue weighted by Crippen LogP contribution is -2.43. The maximum Gasteiger partial charge on any atom is 0.191 e. The predicted molar refractivity (Wildman–Crippen MR) is 95.6 cm³/mol. The van der Waals surface area contributed by atoms with Gasteiger partial charge in [0.1, 0.15) is 11.6 Å². The van der Waals surface area contributed by atoms with E-state index in [0.717, 1.165) is 57.8 Å². The van der Waals surface area contributed by atoms with E-state index in [1.165, 1.54) is 6.07 Å². The fourth-order valence-electron chi connectivity index (χ4n) is 2.95. The quantitative estimate of drug-likeness (QED) is 0.581. The molecule has 25 heavy (non-hydrogen) atoms. The number of likely N-dealkylation sites (tertiary alicyclic amines) is 1. The fourth-order valence-corrected chi connectivity index (χ4v) is 2.95. The van der Waals surface area contributed by atoms with Crippen molar-refractivity contribution in [3.8, 4) is 0 Å². The van der Waals surface area contributed by atoms with Crippen LogP contribution in [0.1, 0.15) is 18.4 Å². The first kappa shape index (κ1) is 19.6. The second-order valence-corrected chi connectivity index (χ2v) is 6.32. The highest BCUT2D eigenvalue weighted by Crippen LogP contribution is 2.16. The molecular weight excluding hydrogens is 326 g/mol. The van der Waals surface area contributed by atoms with E-state index in [0.29, 0.717) is 11.9 Å². The van der Waals surface area contributed by atoms with Crippen LogP contribution in [-0.4, -0.2) is 57.8 Å². The standard InChI is InChI=1S/C18H28F2N4O/c1-21-18(23-13-15-11-16(19)3-4-17(15)20)22-12-14-5-7-24(8-6-14)9-10-25-2/h3-4,11,14H,5-10,12-13H2,1-2H3,(H2,21,22,23). The van der Waals surface area contributed by atoms with Crippen LogP contribution in [0.5, 0.6) is 0 Å². The van der Waals surface area contributed by atoms with Gasteiger partial charge in [-0.05, 0) is 50.0 Å². The van der Waals surface area contributed by atoms with E-state index in [2.05, 4.69) is 20.5 Å². The predicted octanol–water partition coefficient (Wildman–Crippen LogP) is 1.99. The van der Waals surface area contributed by atoms with Crippen molar-refractivity contribution >= 4 is 5.96 Å². The van der Waals surface area contributed by atoms with Gasteiger partial charge in [-0.3, -0.25) is 4.99 Å². The van der Waals surface area contributed by atoms with Gasteiger partial charge in [-0.25, -0.2) is 8.78 Å². The summed E-state index contributed by atoms with van der Waals surface area (Å²) < 4.78 is 32.0. The SMILES string of the molecule is CN=C(NCc1cc(F)ccc1F)NCC1CCN(CCOC)CC1. The Kier molecular flexibility index (Phi) is 8.08. The molecule has 1 aromatic carbocycles. The fraction of sp³-hybridized carbons (Fsp3) is 0.611. The molecule has 0 bridgehead atoms. The van der Waals surface area contributed by atoms with Crippen LogP contribution in [-0.2, 0) is 11.3 Å². The van der Waals surface area contributed by atoms with Crippen LogP contribution < -0.4 is 10.6 Å². The number of nitrogens with zero attached hydrogens (tertiary/aromatic N) is 2. The highest BCUT2D eigenvalue weighted by atomic mass is 19.1. The molecule has 1 heterocycles. The third-order valence-corrected chi connectivity index (χ3v) is 4.55. The molecule has 0 amide bonds. The van der Waals surface area contributed by atoms with Crippen LogP contribution in [0.3, 0.4) is 0 Å². The minimum Gasteiger partial charge on any atom is -0.383 e. The Hall–Kier alpha value is -1.73. The van der Waals surface area contributed by atoms with Crippen molar-refractivity contribution < 1.29 is 13.5 Å². The molecule has 0 unspecified atom stereocenters. The number of benzene rings is 1. The zero-order valence-electron chi connectivity index (χ0n) is 15.0. The third-order valence-electron chi connectivity index (χ3n) is 4.55. The normalized spacial score (nSPS) is 16.9. The highest BCUT2D eigenvalue weighted by molar-refractivity contribution is 5.79. The molecule has 1 aliphatic rings. The average molecular weight is 354 g/mol. The van der Waals surface area contributed by atoms with Gasteiger partial charge in [-0.2, -0.15) is 0 Å². The van der Waals surface area contributed by atoms with E-state index in [1.54, 1.807) is 14.2 Å². The van der Waals surface area contributed by atoms with Crippen molar-refractivity contribution in [1.82, 2.24) is 15.5 Å². The van der Waals surface area contributed by atoms with Crippen molar-refractivity contribution in [2.24, 2.45) is 10.9 Å². The van der Waals surface area contributed by atoms with Crippen LogP contribution in [0, 0.1) is 17.6 Å². The maximum atomic E-state index is 13.6. The molecule has 2 N–H and O–H groups in total. The number of rotatable bonds is 7. The monoisotopic (exact) mass is 354 g/mol. The molecule has 7 heteroatoms. The summed E-state index contributed by atoms with van der Waals surface area (Å²) in [6, 6.07) is 3.45. The molecule has 0 radical (unpaired) electrons. The van der Waals surface area contributed by atoms with Gasteiger partial charge in [-0.1, -0.05) is 0 Å². The van der Waals surface area contributed by atoms with Crippen molar-refractivity contribution in [1.29, 1.82) is 0 Å². The van der Waals surface area contributed by atoms with Crippen molar-refractivity contribution in [3.05, 3.63) is 35.4 Å². The molecule has 5 nitrogen and oxygen atoms in total. The summed E-state index contributed by atoms with van der Waals surface area (Å²) in [5.41, 5.74) is 0.286. The zero-order chi connectivity index (χ0) is 18.1. The smallest absolute Gasteiger partial charge is 0.191 e. The Bertz CT molecular complexity index is 560. The summed E-state index contributed by atoms with van der Waals surface area (Å²) in [7, 11) is 3.40. The molecule has 1 aromatic rings. The first-order valence-corrected chi connectivity index (χ1v) is 8.72. The topological polar surface area (TPSA) is 48.9 Å². The lowest BCUT2D eigenvalue weighted by atomic mass is 9.97.